The Bertz CT molecular complexity index is 530. The van der Waals surface area contributed by atoms with Crippen LogP contribution in [0.2, 0.25) is 0 Å². The first kappa shape index (κ1) is 13.0. The van der Waals surface area contributed by atoms with Gasteiger partial charge in [-0.05, 0) is 49.4 Å². The topological polar surface area (TPSA) is 74.6 Å². The Kier molecular flexibility index (Phi) is 3.30. The molecule has 0 fully saturated rings. The molecule has 0 spiro atoms. The van der Waals surface area contributed by atoms with Gasteiger partial charge in [-0.3, -0.25) is 4.55 Å². The molecule has 0 amide bonds. The van der Waals surface area contributed by atoms with Crippen molar-refractivity contribution in [3.63, 3.8) is 0 Å². The smallest absolute Gasteiger partial charge is 0.298 e. The van der Waals surface area contributed by atoms with Crippen LogP contribution in [0.1, 0.15) is 29.2 Å². The highest BCUT2D eigenvalue weighted by atomic mass is 32.2. The van der Waals surface area contributed by atoms with E-state index in [1.54, 1.807) is 13.8 Å². The molecule has 1 rings (SSSR count). The van der Waals surface area contributed by atoms with Gasteiger partial charge in [-0.15, -0.1) is 0 Å². The van der Waals surface area contributed by atoms with Crippen molar-refractivity contribution < 1.29 is 18.1 Å². The van der Waals surface area contributed by atoms with Crippen LogP contribution >= 0.6 is 0 Å². The Hall–Kier alpha value is -1.07. The molecule has 90 valence electrons. The molecule has 16 heavy (non-hydrogen) atoms. The van der Waals surface area contributed by atoms with E-state index in [2.05, 4.69) is 0 Å². The third-order valence-corrected chi connectivity index (χ3v) is 4.05. The number of phenolic OH excluding ortho intramolecular Hbond substituents is 1. The summed E-state index contributed by atoms with van der Waals surface area (Å²) in [5.41, 5.74) is 2.61. The second kappa shape index (κ2) is 4.07. The molecular formula is C11H16O4S. The molecule has 0 saturated heterocycles. The van der Waals surface area contributed by atoms with E-state index in [0.29, 0.717) is 17.5 Å². The molecule has 1 aromatic rings. The van der Waals surface area contributed by atoms with Crippen LogP contribution in [0.15, 0.2) is 4.90 Å². The Morgan fingerprint density at radius 1 is 1.06 bits per heavy atom. The summed E-state index contributed by atoms with van der Waals surface area (Å²) >= 11 is 0. The van der Waals surface area contributed by atoms with Crippen LogP contribution < -0.4 is 0 Å². The van der Waals surface area contributed by atoms with E-state index < -0.39 is 10.1 Å². The molecule has 0 aliphatic carbocycles. The summed E-state index contributed by atoms with van der Waals surface area (Å²) in [6, 6.07) is 0. The molecule has 0 aromatic heterocycles. The van der Waals surface area contributed by atoms with Crippen LogP contribution in [0.3, 0.4) is 0 Å². The van der Waals surface area contributed by atoms with Crippen molar-refractivity contribution >= 4 is 10.1 Å². The summed E-state index contributed by atoms with van der Waals surface area (Å²) in [5.74, 6) is -0.328. The molecule has 5 heteroatoms. The Balaban J connectivity index is 3.84. The van der Waals surface area contributed by atoms with Gasteiger partial charge in [-0.2, -0.15) is 8.42 Å². The molecule has 0 heterocycles. The second-order valence-electron chi connectivity index (χ2n) is 3.86. The van der Waals surface area contributed by atoms with Gasteiger partial charge in [-0.25, -0.2) is 0 Å². The SMILES string of the molecule is CCc1c(C)c(C)c(C)c(S(=O)(=O)O)c1O. The number of phenols is 1. The molecule has 0 bridgehead atoms. The first-order valence-corrected chi connectivity index (χ1v) is 6.44. The van der Waals surface area contributed by atoms with Crippen LogP contribution in [-0.2, 0) is 16.5 Å². The molecule has 4 nitrogen and oxygen atoms in total. The van der Waals surface area contributed by atoms with Crippen LogP contribution in [0.25, 0.3) is 0 Å². The van der Waals surface area contributed by atoms with Crippen molar-refractivity contribution in [1.29, 1.82) is 0 Å². The Labute approximate surface area is 95.7 Å². The van der Waals surface area contributed by atoms with Crippen molar-refractivity contribution in [3.8, 4) is 5.75 Å². The molecule has 0 radical (unpaired) electrons. The first-order valence-electron chi connectivity index (χ1n) is 5.00. The van der Waals surface area contributed by atoms with Gasteiger partial charge in [-0.1, -0.05) is 6.92 Å². The lowest BCUT2D eigenvalue weighted by Crippen LogP contribution is -2.07. The maximum absolute atomic E-state index is 11.2. The van der Waals surface area contributed by atoms with E-state index in [4.69, 9.17) is 4.55 Å². The fourth-order valence-electron chi connectivity index (χ4n) is 1.92. The minimum atomic E-state index is -4.39. The second-order valence-corrected chi connectivity index (χ2v) is 5.22. The summed E-state index contributed by atoms with van der Waals surface area (Å²) in [6.45, 7) is 7.00. The summed E-state index contributed by atoms with van der Waals surface area (Å²) in [6.07, 6.45) is 0.515. The quantitative estimate of drug-likeness (QED) is 0.781. The molecular weight excluding hydrogens is 228 g/mol. The lowest BCUT2D eigenvalue weighted by molar-refractivity contribution is 0.436. The van der Waals surface area contributed by atoms with Crippen molar-refractivity contribution in [2.24, 2.45) is 0 Å². The molecule has 0 unspecified atom stereocenters. The fourth-order valence-corrected chi connectivity index (χ4v) is 2.83. The monoisotopic (exact) mass is 244 g/mol. The van der Waals surface area contributed by atoms with E-state index >= 15 is 0 Å². The predicted octanol–water partition coefficient (Wildman–Crippen LogP) is 2.13. The molecule has 0 atom stereocenters. The van der Waals surface area contributed by atoms with Gasteiger partial charge < -0.3 is 5.11 Å². The van der Waals surface area contributed by atoms with Crippen molar-refractivity contribution in [3.05, 3.63) is 22.3 Å². The summed E-state index contributed by atoms with van der Waals surface area (Å²) < 4.78 is 31.5. The van der Waals surface area contributed by atoms with E-state index in [0.717, 1.165) is 11.1 Å². The van der Waals surface area contributed by atoms with Gasteiger partial charge in [0.2, 0.25) is 0 Å². The average molecular weight is 244 g/mol. The van der Waals surface area contributed by atoms with Crippen molar-refractivity contribution in [2.75, 3.05) is 0 Å². The van der Waals surface area contributed by atoms with E-state index in [1.165, 1.54) is 0 Å². The highest BCUT2D eigenvalue weighted by molar-refractivity contribution is 7.86. The highest BCUT2D eigenvalue weighted by Crippen LogP contribution is 2.35. The van der Waals surface area contributed by atoms with Crippen LogP contribution in [0, 0.1) is 20.8 Å². The third-order valence-electron chi connectivity index (χ3n) is 3.03. The largest absolute Gasteiger partial charge is 0.506 e. The van der Waals surface area contributed by atoms with Gasteiger partial charge in [0.15, 0.2) is 0 Å². The number of aromatic hydroxyl groups is 1. The fraction of sp³-hybridized carbons (Fsp3) is 0.455. The average Bonchev–Trinajstić information content (AvgIpc) is 2.13. The maximum Gasteiger partial charge on any atom is 0.298 e. The number of benzene rings is 1. The Morgan fingerprint density at radius 3 is 1.94 bits per heavy atom. The van der Waals surface area contributed by atoms with E-state index in [1.807, 2.05) is 13.8 Å². The summed E-state index contributed by atoms with van der Waals surface area (Å²) in [7, 11) is -4.39. The zero-order valence-corrected chi connectivity index (χ0v) is 10.6. The maximum atomic E-state index is 11.2. The predicted molar refractivity (Wildman–Crippen MR) is 61.5 cm³/mol. The Morgan fingerprint density at radius 2 is 1.56 bits per heavy atom. The normalized spacial score (nSPS) is 11.8. The zero-order chi connectivity index (χ0) is 12.7. The van der Waals surface area contributed by atoms with Crippen molar-refractivity contribution in [2.45, 2.75) is 39.0 Å². The zero-order valence-electron chi connectivity index (χ0n) is 9.83. The van der Waals surface area contributed by atoms with E-state index in [9.17, 15) is 13.5 Å². The number of hydrogen-bond donors (Lipinski definition) is 2. The molecule has 0 saturated carbocycles. The standard InChI is InChI=1S/C11H16O4S/c1-5-9-7(3)6(2)8(4)11(10(9)12)16(13,14)15/h12H,5H2,1-4H3,(H,13,14,15). The van der Waals surface area contributed by atoms with Gasteiger partial charge in [0.05, 0.1) is 0 Å². The third kappa shape index (κ3) is 1.92. The minimum Gasteiger partial charge on any atom is -0.506 e. The molecule has 2 N–H and O–H groups in total. The first-order chi connectivity index (χ1) is 7.21. The van der Waals surface area contributed by atoms with Gasteiger partial charge in [0.1, 0.15) is 10.6 Å². The lowest BCUT2D eigenvalue weighted by Gasteiger charge is -2.16. The summed E-state index contributed by atoms with van der Waals surface area (Å²) in [4.78, 5) is -0.368. The summed E-state index contributed by atoms with van der Waals surface area (Å²) in [5, 5.41) is 9.87. The van der Waals surface area contributed by atoms with Crippen molar-refractivity contribution in [1.82, 2.24) is 0 Å². The van der Waals surface area contributed by atoms with Gasteiger partial charge >= 0.3 is 0 Å². The van der Waals surface area contributed by atoms with E-state index in [-0.39, 0.29) is 10.6 Å². The van der Waals surface area contributed by atoms with Crippen LogP contribution in [0.5, 0.6) is 5.75 Å². The van der Waals surface area contributed by atoms with Crippen LogP contribution in [-0.4, -0.2) is 18.1 Å². The lowest BCUT2D eigenvalue weighted by atomic mass is 9.96. The molecule has 0 aliphatic heterocycles. The molecule has 0 aliphatic rings. The minimum absolute atomic E-state index is 0.328. The number of hydrogen-bond acceptors (Lipinski definition) is 3. The highest BCUT2D eigenvalue weighted by Gasteiger charge is 2.24. The van der Waals surface area contributed by atoms with Crippen LogP contribution in [0.4, 0.5) is 0 Å². The van der Waals surface area contributed by atoms with Gasteiger partial charge in [0, 0.05) is 0 Å². The number of rotatable bonds is 2. The van der Waals surface area contributed by atoms with Gasteiger partial charge in [0.25, 0.3) is 10.1 Å². The molecule has 1 aromatic carbocycles.